The van der Waals surface area contributed by atoms with Crippen LogP contribution in [0, 0.1) is 0 Å². The molecule has 0 radical (unpaired) electrons. The summed E-state index contributed by atoms with van der Waals surface area (Å²) in [6.07, 6.45) is 0.644. The van der Waals surface area contributed by atoms with E-state index in [2.05, 4.69) is 4.98 Å². The first-order valence-electron chi connectivity index (χ1n) is 7.85. The van der Waals surface area contributed by atoms with Gasteiger partial charge in [0.05, 0.1) is 10.9 Å². The summed E-state index contributed by atoms with van der Waals surface area (Å²) in [7, 11) is -3.92. The Balaban J connectivity index is 2.28. The fraction of sp³-hybridized carbons (Fsp3) is 0.167. The second-order valence-electron chi connectivity index (χ2n) is 5.65. The van der Waals surface area contributed by atoms with Gasteiger partial charge in [0.2, 0.25) is 15.9 Å². The fourth-order valence-corrected chi connectivity index (χ4v) is 3.28. The Hall–Kier alpha value is -2.48. The minimum absolute atomic E-state index is 0.0139. The first-order chi connectivity index (χ1) is 11.9. The van der Waals surface area contributed by atoms with Crippen molar-refractivity contribution >= 4 is 10.0 Å². The molecule has 0 aliphatic heterocycles. The number of nitrogens with two attached hydrogens (primary N) is 2. The molecule has 0 amide bonds. The Bertz CT molecular complexity index is 982. The Morgan fingerprint density at radius 3 is 2.36 bits per heavy atom. The van der Waals surface area contributed by atoms with Crippen LogP contribution in [0.2, 0.25) is 0 Å². The highest BCUT2D eigenvalue weighted by Gasteiger charge is 2.24. The molecule has 0 spiro atoms. The van der Waals surface area contributed by atoms with Crippen LogP contribution in [0.5, 0.6) is 0 Å². The third-order valence-corrected chi connectivity index (χ3v) is 4.86. The highest BCUT2D eigenvalue weighted by Crippen LogP contribution is 2.37. The van der Waals surface area contributed by atoms with E-state index in [-0.39, 0.29) is 10.9 Å². The molecule has 7 heteroatoms. The standard InChI is InChI=1S/C18H19N3O3S/c1-2-14(19)18-21-16(12-8-4-3-5-9-12)17(24-18)13-10-6-7-11-15(13)25(20,22)23/h3-11,14H,2,19H2,1H3,(H2,20,22,23). The number of primary sulfonamides is 1. The van der Waals surface area contributed by atoms with Crippen molar-refractivity contribution in [1.82, 2.24) is 4.98 Å². The van der Waals surface area contributed by atoms with Crippen molar-refractivity contribution in [1.29, 1.82) is 0 Å². The summed E-state index contributed by atoms with van der Waals surface area (Å²) in [5.41, 5.74) is 7.77. The van der Waals surface area contributed by atoms with E-state index in [0.29, 0.717) is 29.3 Å². The van der Waals surface area contributed by atoms with Crippen molar-refractivity contribution in [3.05, 3.63) is 60.5 Å². The van der Waals surface area contributed by atoms with Crippen LogP contribution >= 0.6 is 0 Å². The van der Waals surface area contributed by atoms with Crippen LogP contribution in [0.3, 0.4) is 0 Å². The second-order valence-corrected chi connectivity index (χ2v) is 7.18. The highest BCUT2D eigenvalue weighted by molar-refractivity contribution is 7.89. The van der Waals surface area contributed by atoms with Gasteiger partial charge in [-0.1, -0.05) is 49.4 Å². The topological polar surface area (TPSA) is 112 Å². The molecule has 0 saturated heterocycles. The lowest BCUT2D eigenvalue weighted by atomic mass is 10.1. The SMILES string of the molecule is CCC(N)c1nc(-c2ccccc2)c(-c2ccccc2S(N)(=O)=O)o1. The number of hydrogen-bond donors (Lipinski definition) is 2. The number of oxazole rings is 1. The van der Waals surface area contributed by atoms with Crippen LogP contribution in [0.25, 0.3) is 22.6 Å². The van der Waals surface area contributed by atoms with Crippen molar-refractivity contribution in [2.75, 3.05) is 0 Å². The zero-order chi connectivity index (χ0) is 18.0. The van der Waals surface area contributed by atoms with E-state index in [1.54, 1.807) is 18.2 Å². The quantitative estimate of drug-likeness (QED) is 0.729. The van der Waals surface area contributed by atoms with Gasteiger partial charge in [-0.15, -0.1) is 0 Å². The van der Waals surface area contributed by atoms with Gasteiger partial charge in [0.15, 0.2) is 5.76 Å². The molecule has 2 aromatic carbocycles. The van der Waals surface area contributed by atoms with Crippen LogP contribution in [0.15, 0.2) is 63.9 Å². The van der Waals surface area contributed by atoms with Crippen molar-refractivity contribution in [3.63, 3.8) is 0 Å². The number of hydrogen-bond acceptors (Lipinski definition) is 5. The van der Waals surface area contributed by atoms with Crippen LogP contribution < -0.4 is 10.9 Å². The van der Waals surface area contributed by atoms with Crippen LogP contribution in [-0.2, 0) is 10.0 Å². The van der Waals surface area contributed by atoms with Gasteiger partial charge < -0.3 is 10.2 Å². The smallest absolute Gasteiger partial charge is 0.238 e. The third kappa shape index (κ3) is 3.48. The molecule has 3 aromatic rings. The first kappa shape index (κ1) is 17.3. The molecule has 0 bridgehead atoms. The first-order valence-corrected chi connectivity index (χ1v) is 9.40. The van der Waals surface area contributed by atoms with E-state index in [1.807, 2.05) is 37.3 Å². The van der Waals surface area contributed by atoms with Crippen LogP contribution in [0.4, 0.5) is 0 Å². The van der Waals surface area contributed by atoms with E-state index in [1.165, 1.54) is 6.07 Å². The predicted molar refractivity (Wildman–Crippen MR) is 96.0 cm³/mol. The van der Waals surface area contributed by atoms with Crippen molar-refractivity contribution in [2.45, 2.75) is 24.3 Å². The molecule has 3 rings (SSSR count). The molecule has 1 atom stereocenters. The maximum atomic E-state index is 12.0. The number of rotatable bonds is 5. The van der Waals surface area contributed by atoms with Gasteiger partial charge in [-0.3, -0.25) is 0 Å². The molecule has 4 N–H and O–H groups in total. The van der Waals surface area contributed by atoms with E-state index < -0.39 is 10.0 Å². The van der Waals surface area contributed by atoms with Crippen LogP contribution in [0.1, 0.15) is 25.3 Å². The summed E-state index contributed by atoms with van der Waals surface area (Å²) in [5.74, 6) is 0.704. The van der Waals surface area contributed by atoms with Gasteiger partial charge in [-0.05, 0) is 18.6 Å². The number of nitrogens with zero attached hydrogens (tertiary/aromatic N) is 1. The van der Waals surface area contributed by atoms with Crippen LogP contribution in [-0.4, -0.2) is 13.4 Å². The number of benzene rings is 2. The molecule has 6 nitrogen and oxygen atoms in total. The van der Waals surface area contributed by atoms with Gasteiger partial charge in [0, 0.05) is 11.1 Å². The summed E-state index contributed by atoms with van der Waals surface area (Å²) in [6, 6.07) is 15.4. The zero-order valence-corrected chi connectivity index (χ0v) is 14.5. The molecule has 130 valence electrons. The van der Waals surface area contributed by atoms with Gasteiger partial charge in [-0.2, -0.15) is 0 Å². The predicted octanol–water partition coefficient (Wildman–Crippen LogP) is 3.07. The largest absolute Gasteiger partial charge is 0.438 e. The summed E-state index contributed by atoms with van der Waals surface area (Å²) < 4.78 is 29.8. The molecule has 0 aliphatic carbocycles. The molecule has 0 fully saturated rings. The minimum Gasteiger partial charge on any atom is -0.438 e. The van der Waals surface area contributed by atoms with Gasteiger partial charge in [0.25, 0.3) is 0 Å². The lowest BCUT2D eigenvalue weighted by molar-refractivity contribution is 0.452. The summed E-state index contributed by atoms with van der Waals surface area (Å²) in [5, 5.41) is 5.36. The summed E-state index contributed by atoms with van der Waals surface area (Å²) in [6.45, 7) is 1.93. The summed E-state index contributed by atoms with van der Waals surface area (Å²) in [4.78, 5) is 4.51. The fourth-order valence-electron chi connectivity index (χ4n) is 2.55. The molecule has 1 aromatic heterocycles. The molecule has 0 saturated carbocycles. The number of sulfonamides is 1. The van der Waals surface area contributed by atoms with E-state index >= 15 is 0 Å². The Labute approximate surface area is 146 Å². The Morgan fingerprint density at radius 2 is 1.72 bits per heavy atom. The van der Waals surface area contributed by atoms with E-state index in [9.17, 15) is 8.42 Å². The Morgan fingerprint density at radius 1 is 1.08 bits per heavy atom. The third-order valence-electron chi connectivity index (χ3n) is 3.89. The average Bonchev–Trinajstić information content (AvgIpc) is 3.06. The van der Waals surface area contributed by atoms with Gasteiger partial charge >= 0.3 is 0 Å². The average molecular weight is 357 g/mol. The maximum absolute atomic E-state index is 12.0. The molecule has 0 aliphatic rings. The van der Waals surface area contributed by atoms with Crippen molar-refractivity contribution in [2.24, 2.45) is 10.9 Å². The molecule has 1 unspecified atom stereocenters. The number of aromatic nitrogens is 1. The molecular formula is C18H19N3O3S. The van der Waals surface area contributed by atoms with E-state index in [4.69, 9.17) is 15.3 Å². The Kier molecular flexibility index (Phi) is 4.71. The van der Waals surface area contributed by atoms with Gasteiger partial charge in [-0.25, -0.2) is 18.5 Å². The lowest BCUT2D eigenvalue weighted by Gasteiger charge is -2.07. The van der Waals surface area contributed by atoms with Gasteiger partial charge in [0.1, 0.15) is 5.69 Å². The summed E-state index contributed by atoms with van der Waals surface area (Å²) >= 11 is 0. The normalized spacial score (nSPS) is 12.9. The van der Waals surface area contributed by atoms with E-state index in [0.717, 1.165) is 5.56 Å². The minimum atomic E-state index is -3.92. The van der Waals surface area contributed by atoms with Crippen molar-refractivity contribution in [3.8, 4) is 22.6 Å². The maximum Gasteiger partial charge on any atom is 0.238 e. The lowest BCUT2D eigenvalue weighted by Crippen LogP contribution is -2.13. The molecule has 1 heterocycles. The zero-order valence-electron chi connectivity index (χ0n) is 13.7. The second kappa shape index (κ2) is 6.79. The monoisotopic (exact) mass is 357 g/mol. The van der Waals surface area contributed by atoms with Crippen molar-refractivity contribution < 1.29 is 12.8 Å². The highest BCUT2D eigenvalue weighted by atomic mass is 32.2. The molecule has 25 heavy (non-hydrogen) atoms. The molecular weight excluding hydrogens is 338 g/mol.